The quantitative estimate of drug-likeness (QED) is 0.431. The van der Waals surface area contributed by atoms with E-state index in [0.717, 1.165) is 31.2 Å². The summed E-state index contributed by atoms with van der Waals surface area (Å²) in [4.78, 5) is 21.1. The van der Waals surface area contributed by atoms with Gasteiger partial charge in [0, 0.05) is 12.1 Å². The van der Waals surface area contributed by atoms with Crippen LogP contribution in [0.3, 0.4) is 0 Å². The molecule has 0 aromatic heterocycles. The number of unbranched alkanes of at least 4 members (excludes halogenated alkanes) is 3. The van der Waals surface area contributed by atoms with Crippen molar-refractivity contribution in [3.8, 4) is 0 Å². The molecule has 0 heterocycles. The molecule has 0 saturated carbocycles. The van der Waals surface area contributed by atoms with Gasteiger partial charge in [0.2, 0.25) is 0 Å². The highest BCUT2D eigenvalue weighted by molar-refractivity contribution is 5.74. The normalized spacial score (nSPS) is 11.8. The third-order valence-corrected chi connectivity index (χ3v) is 2.58. The van der Waals surface area contributed by atoms with Gasteiger partial charge in [0.1, 0.15) is 12.3 Å². The molecule has 0 fully saturated rings. The molecule has 0 unspecified atom stereocenters. The molecule has 98 valence electrons. The second-order valence-electron chi connectivity index (χ2n) is 4.19. The lowest BCUT2D eigenvalue weighted by Gasteiger charge is -2.16. The fourth-order valence-electron chi connectivity index (χ4n) is 1.58. The summed E-state index contributed by atoms with van der Waals surface area (Å²) in [6.45, 7) is 5.97. The van der Waals surface area contributed by atoms with E-state index in [1.807, 2.05) is 0 Å². The molecular weight excluding hydrogens is 218 g/mol. The zero-order valence-corrected chi connectivity index (χ0v) is 10.6. The first kappa shape index (κ1) is 15.7. The van der Waals surface area contributed by atoms with Crippen molar-refractivity contribution in [3.05, 3.63) is 12.3 Å². The Kier molecular flexibility index (Phi) is 9.11. The molecule has 0 amide bonds. The van der Waals surface area contributed by atoms with Gasteiger partial charge in [-0.2, -0.15) is 0 Å². The third-order valence-electron chi connectivity index (χ3n) is 2.58. The number of hydrogen-bond acceptors (Lipinski definition) is 3. The molecule has 0 saturated heterocycles. The van der Waals surface area contributed by atoms with Gasteiger partial charge in [-0.3, -0.25) is 0 Å². The lowest BCUT2D eigenvalue weighted by Crippen LogP contribution is -2.35. The van der Waals surface area contributed by atoms with E-state index in [2.05, 4.69) is 18.8 Å². The molecule has 0 aliphatic heterocycles. The maximum Gasteiger partial charge on any atom is 0.326 e. The van der Waals surface area contributed by atoms with E-state index >= 15 is 0 Å². The predicted molar refractivity (Wildman–Crippen MR) is 67.8 cm³/mol. The van der Waals surface area contributed by atoms with Gasteiger partial charge in [0.25, 0.3) is 0 Å². The molecule has 4 heteroatoms. The topological polar surface area (TPSA) is 66.4 Å². The summed E-state index contributed by atoms with van der Waals surface area (Å²) in [5.41, 5.74) is 0.749. The number of carbonyl (C=O) groups excluding carboxylic acids is 1. The average Bonchev–Trinajstić information content (AvgIpc) is 2.29. The van der Waals surface area contributed by atoms with Crippen LogP contribution in [0.25, 0.3) is 0 Å². The van der Waals surface area contributed by atoms with E-state index in [1.165, 1.54) is 12.8 Å². The van der Waals surface area contributed by atoms with Crippen molar-refractivity contribution in [1.29, 1.82) is 0 Å². The predicted octanol–water partition coefficient (Wildman–Crippen LogP) is 2.49. The summed E-state index contributed by atoms with van der Waals surface area (Å²) in [6.07, 6.45) is 6.65. The molecule has 0 radical (unpaired) electrons. The maximum atomic E-state index is 10.9. The Morgan fingerprint density at radius 2 is 2.12 bits per heavy atom. The molecular formula is C13H23NO3. The van der Waals surface area contributed by atoms with E-state index in [0.29, 0.717) is 6.42 Å². The minimum Gasteiger partial charge on any atom is -0.480 e. The second kappa shape index (κ2) is 9.87. The molecule has 0 aliphatic carbocycles. The number of hydrogen-bond donors (Lipinski definition) is 2. The van der Waals surface area contributed by atoms with Gasteiger partial charge in [-0.15, -0.1) is 0 Å². The van der Waals surface area contributed by atoms with E-state index in [1.54, 1.807) is 0 Å². The first-order valence-corrected chi connectivity index (χ1v) is 6.22. The van der Waals surface area contributed by atoms with Crippen LogP contribution in [-0.4, -0.2) is 23.4 Å². The molecule has 0 spiro atoms. The van der Waals surface area contributed by atoms with E-state index in [9.17, 15) is 9.59 Å². The summed E-state index contributed by atoms with van der Waals surface area (Å²) >= 11 is 0. The number of carboxylic acids is 1. The highest BCUT2D eigenvalue weighted by Gasteiger charge is 2.16. The summed E-state index contributed by atoms with van der Waals surface area (Å²) in [6, 6.07) is -0.695. The standard InChI is InChI=1S/C13H23NO3/c1-3-4-5-6-8-11(2)14-12(13(16)17)9-7-10-15/h10,12,14H,2-9H2,1H3,(H,16,17)/t12-/m0/s1. The van der Waals surface area contributed by atoms with Crippen LogP contribution >= 0.6 is 0 Å². The van der Waals surface area contributed by atoms with Crippen LogP contribution < -0.4 is 5.32 Å². The molecule has 2 N–H and O–H groups in total. The zero-order valence-electron chi connectivity index (χ0n) is 10.6. The van der Waals surface area contributed by atoms with Gasteiger partial charge in [-0.1, -0.05) is 32.8 Å². The van der Waals surface area contributed by atoms with Crippen LogP contribution in [0, 0.1) is 0 Å². The van der Waals surface area contributed by atoms with Gasteiger partial charge < -0.3 is 15.2 Å². The summed E-state index contributed by atoms with van der Waals surface area (Å²) < 4.78 is 0. The molecule has 0 rings (SSSR count). The second-order valence-corrected chi connectivity index (χ2v) is 4.19. The van der Waals surface area contributed by atoms with Gasteiger partial charge in [0.15, 0.2) is 0 Å². The van der Waals surface area contributed by atoms with Crippen LogP contribution in [0.15, 0.2) is 12.3 Å². The molecule has 1 atom stereocenters. The van der Waals surface area contributed by atoms with Crippen molar-refractivity contribution in [2.45, 2.75) is 57.9 Å². The monoisotopic (exact) mass is 241 g/mol. The van der Waals surface area contributed by atoms with Crippen molar-refractivity contribution in [2.24, 2.45) is 0 Å². The lowest BCUT2D eigenvalue weighted by atomic mass is 10.1. The first-order chi connectivity index (χ1) is 8.11. The van der Waals surface area contributed by atoms with Crippen molar-refractivity contribution in [3.63, 3.8) is 0 Å². The van der Waals surface area contributed by atoms with Crippen LogP contribution in [0.1, 0.15) is 51.9 Å². The Morgan fingerprint density at radius 1 is 1.41 bits per heavy atom. The average molecular weight is 241 g/mol. The third kappa shape index (κ3) is 8.48. The Bertz CT molecular complexity index is 251. The van der Waals surface area contributed by atoms with Crippen LogP contribution in [0.5, 0.6) is 0 Å². The van der Waals surface area contributed by atoms with Crippen LogP contribution in [0.4, 0.5) is 0 Å². The first-order valence-electron chi connectivity index (χ1n) is 6.22. The number of allylic oxidation sites excluding steroid dienone is 1. The number of rotatable bonds is 11. The lowest BCUT2D eigenvalue weighted by molar-refractivity contribution is -0.139. The van der Waals surface area contributed by atoms with E-state index < -0.39 is 12.0 Å². The van der Waals surface area contributed by atoms with Gasteiger partial charge in [-0.05, 0) is 19.3 Å². The fourth-order valence-corrected chi connectivity index (χ4v) is 1.58. The number of aldehydes is 1. The highest BCUT2D eigenvalue weighted by atomic mass is 16.4. The summed E-state index contributed by atoms with van der Waals surface area (Å²) in [5, 5.41) is 11.8. The largest absolute Gasteiger partial charge is 0.480 e. The number of carbonyl (C=O) groups is 2. The van der Waals surface area contributed by atoms with Crippen LogP contribution in [0.2, 0.25) is 0 Å². The SMILES string of the molecule is C=C(CCCCCC)N[C@@H](CCC=O)C(=O)O. The van der Waals surface area contributed by atoms with Crippen molar-refractivity contribution >= 4 is 12.3 Å². The number of carboxylic acid groups (broad SMARTS) is 1. The van der Waals surface area contributed by atoms with Crippen molar-refractivity contribution in [2.75, 3.05) is 0 Å². The van der Waals surface area contributed by atoms with Gasteiger partial charge in [0.05, 0.1) is 0 Å². The Hall–Kier alpha value is -1.32. The number of aliphatic carboxylic acids is 1. The van der Waals surface area contributed by atoms with Crippen LogP contribution in [-0.2, 0) is 9.59 Å². The zero-order chi connectivity index (χ0) is 13.1. The van der Waals surface area contributed by atoms with Gasteiger partial charge in [-0.25, -0.2) is 4.79 Å². The van der Waals surface area contributed by atoms with E-state index in [-0.39, 0.29) is 6.42 Å². The minimum absolute atomic E-state index is 0.257. The minimum atomic E-state index is -0.929. The maximum absolute atomic E-state index is 10.9. The van der Waals surface area contributed by atoms with Crippen molar-refractivity contribution < 1.29 is 14.7 Å². The smallest absolute Gasteiger partial charge is 0.326 e. The Balaban J connectivity index is 3.86. The fraction of sp³-hybridized carbons (Fsp3) is 0.692. The Labute approximate surface area is 103 Å². The Morgan fingerprint density at radius 3 is 2.65 bits per heavy atom. The van der Waals surface area contributed by atoms with Gasteiger partial charge >= 0.3 is 5.97 Å². The molecule has 0 aliphatic rings. The number of nitrogens with one attached hydrogen (secondary N) is 1. The summed E-state index contributed by atoms with van der Waals surface area (Å²) in [7, 11) is 0. The molecule has 4 nitrogen and oxygen atoms in total. The summed E-state index contributed by atoms with van der Waals surface area (Å²) in [5.74, 6) is -0.929. The van der Waals surface area contributed by atoms with Crippen molar-refractivity contribution in [1.82, 2.24) is 5.32 Å². The van der Waals surface area contributed by atoms with E-state index in [4.69, 9.17) is 5.11 Å². The molecule has 0 aromatic carbocycles. The molecule has 0 bridgehead atoms. The highest BCUT2D eigenvalue weighted by Crippen LogP contribution is 2.08. The molecule has 17 heavy (non-hydrogen) atoms. The molecule has 0 aromatic rings.